The zero-order valence-electron chi connectivity index (χ0n) is 11.4. The number of aryl methyl sites for hydroxylation is 1. The molecule has 0 aliphatic carbocycles. The van der Waals surface area contributed by atoms with Crippen molar-refractivity contribution in [2.75, 3.05) is 0 Å². The zero-order chi connectivity index (χ0) is 14.8. The van der Waals surface area contributed by atoms with E-state index < -0.39 is 6.04 Å². The zero-order valence-corrected chi connectivity index (χ0v) is 11.4. The first-order valence-corrected chi connectivity index (χ1v) is 6.46. The molecule has 0 spiro atoms. The van der Waals surface area contributed by atoms with Crippen LogP contribution in [-0.2, 0) is 6.42 Å². The summed E-state index contributed by atoms with van der Waals surface area (Å²) in [5.74, 6) is 0.300. The average Bonchev–Trinajstić information content (AvgIpc) is 3.12. The molecule has 0 amide bonds. The molecule has 1 aromatic carbocycles. The summed E-state index contributed by atoms with van der Waals surface area (Å²) in [6, 6.07) is 4.00. The van der Waals surface area contributed by atoms with Gasteiger partial charge in [0.2, 0.25) is 11.7 Å². The third-order valence-electron chi connectivity index (χ3n) is 3.19. The highest BCUT2D eigenvalue weighted by molar-refractivity contribution is 5.59. The summed E-state index contributed by atoms with van der Waals surface area (Å²) < 4.78 is 18.5. The molecule has 1 atom stereocenters. The molecule has 7 heteroatoms. The van der Waals surface area contributed by atoms with E-state index in [1.165, 1.54) is 12.1 Å². The van der Waals surface area contributed by atoms with Gasteiger partial charge in [0.1, 0.15) is 5.82 Å². The second-order valence-corrected chi connectivity index (χ2v) is 4.80. The van der Waals surface area contributed by atoms with Crippen LogP contribution in [0, 0.1) is 12.7 Å². The fourth-order valence-electron chi connectivity index (χ4n) is 2.05. The molecule has 6 nitrogen and oxygen atoms in total. The van der Waals surface area contributed by atoms with Crippen molar-refractivity contribution in [2.45, 2.75) is 19.4 Å². The summed E-state index contributed by atoms with van der Waals surface area (Å²) in [6.07, 6.45) is 3.77. The van der Waals surface area contributed by atoms with E-state index in [0.29, 0.717) is 23.7 Å². The van der Waals surface area contributed by atoms with Gasteiger partial charge in [-0.15, -0.1) is 0 Å². The van der Waals surface area contributed by atoms with Crippen molar-refractivity contribution in [1.29, 1.82) is 0 Å². The van der Waals surface area contributed by atoms with Gasteiger partial charge in [-0.25, -0.2) is 9.37 Å². The molecule has 0 aliphatic heterocycles. The molecule has 3 N–H and O–H groups in total. The lowest BCUT2D eigenvalue weighted by molar-refractivity contribution is 0.354. The van der Waals surface area contributed by atoms with Crippen LogP contribution in [-0.4, -0.2) is 20.1 Å². The van der Waals surface area contributed by atoms with Crippen molar-refractivity contribution >= 4 is 0 Å². The lowest BCUT2D eigenvalue weighted by Crippen LogP contribution is -2.14. The van der Waals surface area contributed by atoms with Crippen molar-refractivity contribution < 1.29 is 8.91 Å². The molecule has 3 aromatic rings. The van der Waals surface area contributed by atoms with Gasteiger partial charge < -0.3 is 15.2 Å². The maximum Gasteiger partial charge on any atom is 0.244 e. The Morgan fingerprint density at radius 1 is 1.43 bits per heavy atom. The van der Waals surface area contributed by atoms with Crippen molar-refractivity contribution in [1.82, 2.24) is 20.1 Å². The molecular weight excluding hydrogens is 273 g/mol. The van der Waals surface area contributed by atoms with Crippen LogP contribution in [0.15, 0.2) is 35.2 Å². The number of imidazole rings is 1. The monoisotopic (exact) mass is 287 g/mol. The third kappa shape index (κ3) is 2.82. The number of aromatic nitrogens is 4. The minimum Gasteiger partial charge on any atom is -0.348 e. The first-order chi connectivity index (χ1) is 10.1. The number of nitrogens with two attached hydrogens (primary N) is 1. The maximum absolute atomic E-state index is 13.3. The van der Waals surface area contributed by atoms with E-state index in [9.17, 15) is 4.39 Å². The molecule has 0 unspecified atom stereocenters. The lowest BCUT2D eigenvalue weighted by atomic mass is 10.1. The van der Waals surface area contributed by atoms with Gasteiger partial charge in [-0.05, 0) is 24.6 Å². The molecule has 2 heterocycles. The molecule has 3 rings (SSSR count). The standard InChI is InChI=1S/C14H14FN5O/c1-8-2-3-9(15)4-11(8)13-19-14(21-20-13)12(16)5-10-6-17-7-18-10/h2-4,6-7,12H,5,16H2,1H3,(H,17,18)/t12-/m1/s1. The normalized spacial score (nSPS) is 12.5. The largest absolute Gasteiger partial charge is 0.348 e. The van der Waals surface area contributed by atoms with E-state index in [1.54, 1.807) is 18.6 Å². The molecule has 0 fully saturated rings. The summed E-state index contributed by atoms with van der Waals surface area (Å²) in [7, 11) is 0. The van der Waals surface area contributed by atoms with E-state index in [4.69, 9.17) is 10.3 Å². The van der Waals surface area contributed by atoms with Crippen molar-refractivity contribution in [3.63, 3.8) is 0 Å². The van der Waals surface area contributed by atoms with Gasteiger partial charge in [0.25, 0.3) is 0 Å². The Labute approximate surface area is 120 Å². The quantitative estimate of drug-likeness (QED) is 0.766. The van der Waals surface area contributed by atoms with Crippen LogP contribution in [0.4, 0.5) is 4.39 Å². The van der Waals surface area contributed by atoms with Gasteiger partial charge >= 0.3 is 0 Å². The predicted octanol–water partition coefficient (Wildman–Crippen LogP) is 2.15. The number of nitrogens with zero attached hydrogens (tertiary/aromatic N) is 3. The topological polar surface area (TPSA) is 93.6 Å². The van der Waals surface area contributed by atoms with E-state index in [-0.39, 0.29) is 5.82 Å². The van der Waals surface area contributed by atoms with Gasteiger partial charge in [-0.2, -0.15) is 4.98 Å². The number of nitrogens with one attached hydrogen (secondary N) is 1. The highest BCUT2D eigenvalue weighted by atomic mass is 19.1. The SMILES string of the molecule is Cc1ccc(F)cc1-c1noc([C@H](N)Cc2cnc[nH]2)n1. The number of hydrogen-bond acceptors (Lipinski definition) is 5. The molecule has 0 bridgehead atoms. The average molecular weight is 287 g/mol. The number of hydrogen-bond donors (Lipinski definition) is 2. The summed E-state index contributed by atoms with van der Waals surface area (Å²) in [5.41, 5.74) is 8.37. The molecule has 0 aliphatic rings. The van der Waals surface area contributed by atoms with E-state index in [2.05, 4.69) is 20.1 Å². The Hall–Kier alpha value is -2.54. The Bertz CT molecular complexity index is 738. The highest BCUT2D eigenvalue weighted by Gasteiger charge is 2.18. The Kier molecular flexibility index (Phi) is 3.49. The minimum absolute atomic E-state index is 0.309. The van der Waals surface area contributed by atoms with Crippen LogP contribution in [0.1, 0.15) is 23.2 Å². The van der Waals surface area contributed by atoms with Crippen LogP contribution in [0.3, 0.4) is 0 Å². The summed E-state index contributed by atoms with van der Waals surface area (Å²) in [5, 5.41) is 3.88. The van der Waals surface area contributed by atoms with Gasteiger partial charge in [0.15, 0.2) is 0 Å². The summed E-state index contributed by atoms with van der Waals surface area (Å²) >= 11 is 0. The molecule has 0 saturated heterocycles. The number of halogens is 1. The first-order valence-electron chi connectivity index (χ1n) is 6.46. The third-order valence-corrected chi connectivity index (χ3v) is 3.19. The second kappa shape index (κ2) is 5.45. The first kappa shape index (κ1) is 13.4. The van der Waals surface area contributed by atoms with Crippen LogP contribution >= 0.6 is 0 Å². The minimum atomic E-state index is -0.444. The van der Waals surface area contributed by atoms with Crippen LogP contribution < -0.4 is 5.73 Å². The Morgan fingerprint density at radius 3 is 3.05 bits per heavy atom. The van der Waals surface area contributed by atoms with Crippen molar-refractivity contribution in [3.8, 4) is 11.4 Å². The van der Waals surface area contributed by atoms with Gasteiger partial charge in [-0.1, -0.05) is 11.2 Å². The van der Waals surface area contributed by atoms with E-state index in [1.807, 2.05) is 6.92 Å². The van der Waals surface area contributed by atoms with Crippen molar-refractivity contribution in [3.05, 3.63) is 53.7 Å². The van der Waals surface area contributed by atoms with Gasteiger partial charge in [0, 0.05) is 23.9 Å². The molecule has 0 saturated carbocycles. The predicted molar refractivity (Wildman–Crippen MR) is 73.6 cm³/mol. The molecule has 0 radical (unpaired) electrons. The molecule has 21 heavy (non-hydrogen) atoms. The molecule has 2 aromatic heterocycles. The summed E-state index contributed by atoms with van der Waals surface area (Å²) in [4.78, 5) is 11.1. The number of rotatable bonds is 4. The Morgan fingerprint density at radius 2 is 2.29 bits per heavy atom. The Balaban J connectivity index is 1.84. The second-order valence-electron chi connectivity index (χ2n) is 4.80. The highest BCUT2D eigenvalue weighted by Crippen LogP contribution is 2.23. The van der Waals surface area contributed by atoms with Crippen LogP contribution in [0.2, 0.25) is 0 Å². The fourth-order valence-corrected chi connectivity index (χ4v) is 2.05. The number of aromatic amines is 1. The van der Waals surface area contributed by atoms with Crippen LogP contribution in [0.25, 0.3) is 11.4 Å². The van der Waals surface area contributed by atoms with Crippen molar-refractivity contribution in [2.24, 2.45) is 5.73 Å². The maximum atomic E-state index is 13.3. The molecular formula is C14H14FN5O. The number of H-pyrrole nitrogens is 1. The fraction of sp³-hybridized carbons (Fsp3) is 0.214. The van der Waals surface area contributed by atoms with E-state index >= 15 is 0 Å². The summed E-state index contributed by atoms with van der Waals surface area (Å²) in [6.45, 7) is 1.86. The van der Waals surface area contributed by atoms with Gasteiger partial charge in [0.05, 0.1) is 12.4 Å². The van der Waals surface area contributed by atoms with E-state index in [0.717, 1.165) is 11.3 Å². The number of benzene rings is 1. The van der Waals surface area contributed by atoms with Crippen LogP contribution in [0.5, 0.6) is 0 Å². The smallest absolute Gasteiger partial charge is 0.244 e. The van der Waals surface area contributed by atoms with Gasteiger partial charge in [-0.3, -0.25) is 0 Å². The molecule has 108 valence electrons. The lowest BCUT2D eigenvalue weighted by Gasteiger charge is -2.03.